The SMILES string of the molecule is Cc1cccnc1CC(N)=C(Cc1ncccc1C)Cc1ncccc1C. The van der Waals surface area contributed by atoms with E-state index in [4.69, 9.17) is 5.73 Å². The van der Waals surface area contributed by atoms with Gasteiger partial charge < -0.3 is 5.73 Å². The number of pyridine rings is 3. The first kappa shape index (κ1) is 18.8. The summed E-state index contributed by atoms with van der Waals surface area (Å²) in [6.45, 7) is 6.25. The first-order valence-electron chi connectivity index (χ1n) is 9.22. The van der Waals surface area contributed by atoms with Gasteiger partial charge in [0.15, 0.2) is 0 Å². The molecule has 0 aliphatic heterocycles. The average Bonchev–Trinajstić information content (AvgIpc) is 2.66. The van der Waals surface area contributed by atoms with Crippen molar-refractivity contribution in [3.05, 3.63) is 100 Å². The molecule has 0 aliphatic rings. The summed E-state index contributed by atoms with van der Waals surface area (Å²) < 4.78 is 0. The molecule has 4 heteroatoms. The van der Waals surface area contributed by atoms with Crippen LogP contribution in [-0.2, 0) is 19.3 Å². The van der Waals surface area contributed by atoms with E-state index < -0.39 is 0 Å². The van der Waals surface area contributed by atoms with Gasteiger partial charge in [0.1, 0.15) is 0 Å². The fourth-order valence-corrected chi connectivity index (χ4v) is 3.11. The molecule has 0 aliphatic carbocycles. The second kappa shape index (κ2) is 8.58. The Morgan fingerprint density at radius 2 is 1.04 bits per heavy atom. The van der Waals surface area contributed by atoms with E-state index in [1.807, 2.05) is 36.8 Å². The van der Waals surface area contributed by atoms with Crippen LogP contribution in [0.15, 0.2) is 66.3 Å². The summed E-state index contributed by atoms with van der Waals surface area (Å²) in [5, 5.41) is 0. The minimum Gasteiger partial charge on any atom is -0.402 e. The Morgan fingerprint density at radius 3 is 1.41 bits per heavy atom. The topological polar surface area (TPSA) is 64.7 Å². The van der Waals surface area contributed by atoms with E-state index in [1.54, 1.807) is 0 Å². The van der Waals surface area contributed by atoms with E-state index in [0.29, 0.717) is 6.42 Å². The predicted octanol–water partition coefficient (Wildman–Crippen LogP) is 4.04. The van der Waals surface area contributed by atoms with E-state index in [1.165, 1.54) is 11.1 Å². The number of hydrogen-bond acceptors (Lipinski definition) is 4. The van der Waals surface area contributed by atoms with Gasteiger partial charge in [0.05, 0.1) is 0 Å². The van der Waals surface area contributed by atoms with Crippen molar-refractivity contribution < 1.29 is 0 Å². The molecule has 0 unspecified atom stereocenters. The van der Waals surface area contributed by atoms with E-state index >= 15 is 0 Å². The summed E-state index contributed by atoms with van der Waals surface area (Å²) in [4.78, 5) is 13.6. The molecule has 3 heterocycles. The summed E-state index contributed by atoms with van der Waals surface area (Å²) in [5.41, 5.74) is 15.2. The summed E-state index contributed by atoms with van der Waals surface area (Å²) in [6, 6.07) is 12.1. The molecule has 0 spiro atoms. The van der Waals surface area contributed by atoms with Crippen LogP contribution in [0.3, 0.4) is 0 Å². The number of aromatic nitrogens is 3. The molecule has 0 fully saturated rings. The molecule has 0 bridgehead atoms. The molecule has 2 N–H and O–H groups in total. The minimum absolute atomic E-state index is 0.639. The Kier molecular flexibility index (Phi) is 5.97. The number of nitrogens with zero attached hydrogens (tertiary/aromatic N) is 3. The van der Waals surface area contributed by atoms with Gasteiger partial charge in [-0.3, -0.25) is 15.0 Å². The number of rotatable bonds is 6. The molecule has 0 atom stereocenters. The normalized spacial score (nSPS) is 10.6. The fraction of sp³-hybridized carbons (Fsp3) is 0.261. The molecular weight excluding hydrogens is 332 g/mol. The van der Waals surface area contributed by atoms with Gasteiger partial charge in [-0.1, -0.05) is 18.2 Å². The van der Waals surface area contributed by atoms with Crippen LogP contribution in [0.25, 0.3) is 0 Å². The summed E-state index contributed by atoms with van der Waals surface area (Å²) >= 11 is 0. The lowest BCUT2D eigenvalue weighted by atomic mass is 9.96. The van der Waals surface area contributed by atoms with Gasteiger partial charge in [0.2, 0.25) is 0 Å². The van der Waals surface area contributed by atoms with Gasteiger partial charge in [0, 0.05) is 60.6 Å². The van der Waals surface area contributed by atoms with Gasteiger partial charge in [-0.15, -0.1) is 0 Å². The highest BCUT2D eigenvalue weighted by Gasteiger charge is 2.13. The van der Waals surface area contributed by atoms with Gasteiger partial charge in [-0.2, -0.15) is 0 Å². The summed E-state index contributed by atoms with van der Waals surface area (Å²) in [6.07, 6.45) is 7.58. The zero-order valence-corrected chi connectivity index (χ0v) is 16.2. The van der Waals surface area contributed by atoms with E-state index in [9.17, 15) is 0 Å². The van der Waals surface area contributed by atoms with Crippen molar-refractivity contribution in [3.8, 4) is 0 Å². The van der Waals surface area contributed by atoms with E-state index in [-0.39, 0.29) is 0 Å². The Labute approximate surface area is 161 Å². The monoisotopic (exact) mass is 358 g/mol. The molecule has 0 saturated carbocycles. The van der Waals surface area contributed by atoms with E-state index in [0.717, 1.165) is 46.8 Å². The first-order valence-corrected chi connectivity index (χ1v) is 9.22. The number of allylic oxidation sites excluding steroid dienone is 2. The van der Waals surface area contributed by atoms with Crippen LogP contribution in [0.2, 0.25) is 0 Å². The van der Waals surface area contributed by atoms with Crippen LogP contribution in [0, 0.1) is 20.8 Å². The van der Waals surface area contributed by atoms with Crippen molar-refractivity contribution in [2.45, 2.75) is 40.0 Å². The maximum absolute atomic E-state index is 6.60. The number of aryl methyl sites for hydroxylation is 3. The Hall–Kier alpha value is -3.01. The van der Waals surface area contributed by atoms with Crippen LogP contribution < -0.4 is 5.73 Å². The van der Waals surface area contributed by atoms with Gasteiger partial charge in [-0.05, 0) is 61.2 Å². The molecule has 0 radical (unpaired) electrons. The van der Waals surface area contributed by atoms with Crippen LogP contribution in [0.5, 0.6) is 0 Å². The van der Waals surface area contributed by atoms with E-state index in [2.05, 4.69) is 53.9 Å². The van der Waals surface area contributed by atoms with Crippen molar-refractivity contribution in [2.24, 2.45) is 5.73 Å². The highest BCUT2D eigenvalue weighted by Crippen LogP contribution is 2.20. The molecule has 0 amide bonds. The molecule has 3 aromatic heterocycles. The summed E-state index contributed by atoms with van der Waals surface area (Å²) in [7, 11) is 0. The largest absolute Gasteiger partial charge is 0.402 e. The maximum Gasteiger partial charge on any atom is 0.0491 e. The Morgan fingerprint density at radius 1 is 0.667 bits per heavy atom. The lowest BCUT2D eigenvalue weighted by molar-refractivity contribution is 0.878. The van der Waals surface area contributed by atoms with Crippen molar-refractivity contribution >= 4 is 0 Å². The van der Waals surface area contributed by atoms with Gasteiger partial charge in [-0.25, -0.2) is 0 Å². The second-order valence-corrected chi connectivity index (χ2v) is 6.96. The van der Waals surface area contributed by atoms with Crippen molar-refractivity contribution in [1.82, 2.24) is 15.0 Å². The lowest BCUT2D eigenvalue weighted by Crippen LogP contribution is -2.13. The fourth-order valence-electron chi connectivity index (χ4n) is 3.11. The van der Waals surface area contributed by atoms with Crippen molar-refractivity contribution in [1.29, 1.82) is 0 Å². The third-order valence-corrected chi connectivity index (χ3v) is 4.93. The minimum atomic E-state index is 0.639. The average molecular weight is 358 g/mol. The molecule has 0 aromatic carbocycles. The maximum atomic E-state index is 6.60. The third kappa shape index (κ3) is 4.79. The Bertz CT molecular complexity index is 910. The van der Waals surface area contributed by atoms with Crippen molar-refractivity contribution in [3.63, 3.8) is 0 Å². The molecular formula is C23H26N4. The van der Waals surface area contributed by atoms with Crippen LogP contribution in [0.4, 0.5) is 0 Å². The smallest absolute Gasteiger partial charge is 0.0491 e. The van der Waals surface area contributed by atoms with Crippen LogP contribution in [-0.4, -0.2) is 15.0 Å². The first-order chi connectivity index (χ1) is 13.0. The van der Waals surface area contributed by atoms with Crippen LogP contribution >= 0.6 is 0 Å². The van der Waals surface area contributed by atoms with Crippen LogP contribution in [0.1, 0.15) is 33.8 Å². The highest BCUT2D eigenvalue weighted by atomic mass is 14.7. The molecule has 0 saturated heterocycles. The predicted molar refractivity (Wildman–Crippen MR) is 109 cm³/mol. The second-order valence-electron chi connectivity index (χ2n) is 6.96. The van der Waals surface area contributed by atoms with Gasteiger partial charge >= 0.3 is 0 Å². The molecule has 3 aromatic rings. The van der Waals surface area contributed by atoms with Gasteiger partial charge in [0.25, 0.3) is 0 Å². The Balaban J connectivity index is 1.96. The van der Waals surface area contributed by atoms with Crippen molar-refractivity contribution in [2.75, 3.05) is 0 Å². The summed E-state index contributed by atoms with van der Waals surface area (Å²) in [5.74, 6) is 0. The molecule has 3 rings (SSSR count). The zero-order valence-electron chi connectivity index (χ0n) is 16.2. The molecule has 138 valence electrons. The number of hydrogen-bond donors (Lipinski definition) is 1. The quantitative estimate of drug-likeness (QED) is 0.722. The molecule has 27 heavy (non-hydrogen) atoms. The standard InChI is InChI=1S/C23H26N4/c1-16-7-4-10-25-21(16)13-19(14-22-17(2)8-5-11-26-22)20(24)15-23-18(3)9-6-12-27-23/h4-12H,13-15,24H2,1-3H3. The lowest BCUT2D eigenvalue weighted by Gasteiger charge is -2.15. The highest BCUT2D eigenvalue weighted by molar-refractivity contribution is 5.33. The molecule has 4 nitrogen and oxygen atoms in total. The zero-order chi connectivity index (χ0) is 19.2. The number of nitrogens with two attached hydrogens (primary N) is 1. The third-order valence-electron chi connectivity index (χ3n) is 4.93.